The van der Waals surface area contributed by atoms with Crippen molar-refractivity contribution in [2.45, 2.75) is 0 Å². The van der Waals surface area contributed by atoms with Crippen molar-refractivity contribution < 1.29 is 0 Å². The smallest absolute Gasteiger partial charge is 0.177 e. The molecule has 0 aliphatic carbocycles. The highest BCUT2D eigenvalue weighted by Gasteiger charge is 2.12. The van der Waals surface area contributed by atoms with Crippen LogP contribution in [0.5, 0.6) is 0 Å². The molecule has 5 heteroatoms. The summed E-state index contributed by atoms with van der Waals surface area (Å²) in [5, 5.41) is 6.37. The second-order valence-electron chi connectivity index (χ2n) is 3.69. The van der Waals surface area contributed by atoms with Gasteiger partial charge in [-0.15, -0.1) is 0 Å². The van der Waals surface area contributed by atoms with E-state index in [1.807, 2.05) is 19.2 Å². The summed E-state index contributed by atoms with van der Waals surface area (Å²) < 4.78 is 0. The Morgan fingerprint density at radius 3 is 2.81 bits per heavy atom. The number of nitrogens with zero attached hydrogens (tertiary/aromatic N) is 3. The molecule has 16 heavy (non-hydrogen) atoms. The summed E-state index contributed by atoms with van der Waals surface area (Å²) in [4.78, 5) is 10.7. The van der Waals surface area contributed by atoms with E-state index in [-0.39, 0.29) is 0 Å². The molecule has 1 aromatic heterocycles. The molecule has 2 heterocycles. The minimum atomic E-state index is 0.665. The molecule has 2 N–H and O–H groups in total. The van der Waals surface area contributed by atoms with Crippen molar-refractivity contribution in [2.75, 3.05) is 43.4 Å². The summed E-state index contributed by atoms with van der Waals surface area (Å²) in [7, 11) is 1.86. The Labute approximate surface area is 95.6 Å². The van der Waals surface area contributed by atoms with Crippen molar-refractivity contribution in [3.05, 3.63) is 12.1 Å². The molecule has 0 spiro atoms. The molecular weight excluding hydrogens is 202 g/mol. The Hall–Kier alpha value is -1.62. The van der Waals surface area contributed by atoms with Crippen molar-refractivity contribution in [3.8, 4) is 0 Å². The van der Waals surface area contributed by atoms with Gasteiger partial charge in [-0.1, -0.05) is 0 Å². The van der Waals surface area contributed by atoms with Gasteiger partial charge in [-0.2, -0.15) is 0 Å². The molecule has 1 aromatic rings. The van der Waals surface area contributed by atoms with Gasteiger partial charge < -0.3 is 15.5 Å². The fourth-order valence-electron chi connectivity index (χ4n) is 1.82. The summed E-state index contributed by atoms with van der Waals surface area (Å²) >= 11 is 0. The van der Waals surface area contributed by atoms with Crippen LogP contribution < -0.4 is 15.5 Å². The lowest BCUT2D eigenvalue weighted by molar-refractivity contribution is 0.585. The molecule has 86 valence electrons. The number of nitrogens with one attached hydrogen (secondary N) is 2. The van der Waals surface area contributed by atoms with Gasteiger partial charge in [-0.25, -0.2) is 9.98 Å². The third-order valence-electron chi connectivity index (χ3n) is 2.72. The Kier molecular flexibility index (Phi) is 3.36. The molecule has 0 aromatic carbocycles. The summed E-state index contributed by atoms with van der Waals surface area (Å²) in [6.45, 7) is 7.53. The standard InChI is InChI=1S/C11H17N5/c1-12-9-3-4-10(15-11(9)13-2)16-7-5-14-6-8-16/h3-4,12,14H,2,5-8H2,1H3. The Balaban J connectivity index is 2.24. The topological polar surface area (TPSA) is 52.6 Å². The van der Waals surface area contributed by atoms with E-state index >= 15 is 0 Å². The third kappa shape index (κ3) is 2.14. The van der Waals surface area contributed by atoms with Gasteiger partial charge in [-0.3, -0.25) is 0 Å². The van der Waals surface area contributed by atoms with Crippen LogP contribution in [0.1, 0.15) is 0 Å². The molecule has 0 amide bonds. The van der Waals surface area contributed by atoms with E-state index in [0.717, 1.165) is 37.7 Å². The number of hydrogen-bond acceptors (Lipinski definition) is 5. The normalized spacial score (nSPS) is 15.9. The van der Waals surface area contributed by atoms with Crippen molar-refractivity contribution in [2.24, 2.45) is 4.99 Å². The minimum Gasteiger partial charge on any atom is -0.385 e. The van der Waals surface area contributed by atoms with Gasteiger partial charge in [-0.05, 0) is 18.9 Å². The zero-order valence-corrected chi connectivity index (χ0v) is 9.53. The monoisotopic (exact) mass is 219 g/mol. The van der Waals surface area contributed by atoms with Crippen molar-refractivity contribution in [1.29, 1.82) is 0 Å². The third-order valence-corrected chi connectivity index (χ3v) is 2.72. The van der Waals surface area contributed by atoms with Gasteiger partial charge in [0.1, 0.15) is 5.82 Å². The van der Waals surface area contributed by atoms with E-state index in [1.165, 1.54) is 0 Å². The van der Waals surface area contributed by atoms with E-state index in [9.17, 15) is 0 Å². The predicted octanol–water partition coefficient (Wildman–Crippen LogP) is 0.865. The molecule has 1 aliphatic heterocycles. The van der Waals surface area contributed by atoms with Crippen LogP contribution >= 0.6 is 0 Å². The Morgan fingerprint density at radius 2 is 2.19 bits per heavy atom. The van der Waals surface area contributed by atoms with E-state index in [2.05, 4.69) is 32.2 Å². The number of aliphatic imine (C=N–C) groups is 1. The van der Waals surface area contributed by atoms with Gasteiger partial charge in [0.2, 0.25) is 0 Å². The highest BCUT2D eigenvalue weighted by atomic mass is 15.2. The molecule has 5 nitrogen and oxygen atoms in total. The highest BCUT2D eigenvalue weighted by molar-refractivity contribution is 5.66. The maximum absolute atomic E-state index is 4.49. The molecule has 1 fully saturated rings. The van der Waals surface area contributed by atoms with Crippen LogP contribution in [-0.2, 0) is 0 Å². The summed E-state index contributed by atoms with van der Waals surface area (Å²) in [5.74, 6) is 1.64. The molecule has 0 radical (unpaired) electrons. The van der Waals surface area contributed by atoms with Gasteiger partial charge in [0.25, 0.3) is 0 Å². The van der Waals surface area contributed by atoms with Crippen molar-refractivity contribution in [3.63, 3.8) is 0 Å². The first-order valence-electron chi connectivity index (χ1n) is 5.46. The minimum absolute atomic E-state index is 0.665. The lowest BCUT2D eigenvalue weighted by Crippen LogP contribution is -2.43. The van der Waals surface area contributed by atoms with E-state index in [1.54, 1.807) is 0 Å². The van der Waals surface area contributed by atoms with E-state index < -0.39 is 0 Å². The van der Waals surface area contributed by atoms with E-state index in [4.69, 9.17) is 0 Å². The first-order valence-corrected chi connectivity index (χ1v) is 5.46. The van der Waals surface area contributed by atoms with Gasteiger partial charge in [0, 0.05) is 33.2 Å². The molecule has 0 unspecified atom stereocenters. The van der Waals surface area contributed by atoms with Gasteiger partial charge in [0.15, 0.2) is 5.82 Å². The van der Waals surface area contributed by atoms with Crippen LogP contribution in [0.3, 0.4) is 0 Å². The van der Waals surface area contributed by atoms with Gasteiger partial charge >= 0.3 is 0 Å². The molecule has 0 saturated carbocycles. The number of pyridine rings is 1. The number of hydrogen-bond donors (Lipinski definition) is 2. The summed E-state index contributed by atoms with van der Waals surface area (Å²) in [6, 6.07) is 4.01. The molecule has 1 saturated heterocycles. The fraction of sp³-hybridized carbons (Fsp3) is 0.455. The lowest BCUT2D eigenvalue weighted by Gasteiger charge is -2.28. The number of anilines is 2. The Bertz CT molecular complexity index is 371. The largest absolute Gasteiger partial charge is 0.385 e. The lowest BCUT2D eigenvalue weighted by atomic mass is 10.3. The maximum atomic E-state index is 4.49. The number of rotatable bonds is 3. The Morgan fingerprint density at radius 1 is 1.44 bits per heavy atom. The van der Waals surface area contributed by atoms with Crippen LogP contribution in [0.25, 0.3) is 0 Å². The van der Waals surface area contributed by atoms with Crippen LogP contribution in [0, 0.1) is 0 Å². The molecular formula is C11H17N5. The number of aromatic nitrogens is 1. The predicted molar refractivity (Wildman–Crippen MR) is 68.1 cm³/mol. The number of piperazine rings is 1. The van der Waals surface area contributed by atoms with Crippen molar-refractivity contribution in [1.82, 2.24) is 10.3 Å². The zero-order chi connectivity index (χ0) is 11.4. The SMILES string of the molecule is C=Nc1nc(N2CCNCC2)ccc1NC. The maximum Gasteiger partial charge on any atom is 0.177 e. The van der Waals surface area contributed by atoms with Crippen molar-refractivity contribution >= 4 is 24.0 Å². The first kappa shape index (κ1) is 10.9. The molecule has 1 aliphatic rings. The average Bonchev–Trinajstić information content (AvgIpc) is 2.39. The summed E-state index contributed by atoms with van der Waals surface area (Å²) in [5.41, 5.74) is 0.911. The van der Waals surface area contributed by atoms with Crippen LogP contribution in [0.2, 0.25) is 0 Å². The first-order chi connectivity index (χ1) is 7.85. The fourth-order valence-corrected chi connectivity index (χ4v) is 1.82. The van der Waals surface area contributed by atoms with Crippen LogP contribution in [0.4, 0.5) is 17.3 Å². The zero-order valence-electron chi connectivity index (χ0n) is 9.53. The van der Waals surface area contributed by atoms with Crippen LogP contribution in [0.15, 0.2) is 17.1 Å². The molecule has 0 atom stereocenters. The van der Waals surface area contributed by atoms with Crippen LogP contribution in [-0.4, -0.2) is 44.9 Å². The quantitative estimate of drug-likeness (QED) is 0.741. The van der Waals surface area contributed by atoms with Gasteiger partial charge in [0.05, 0.1) is 5.69 Å². The molecule has 2 rings (SSSR count). The second kappa shape index (κ2) is 4.94. The average molecular weight is 219 g/mol. The second-order valence-corrected chi connectivity index (χ2v) is 3.69. The molecule has 0 bridgehead atoms. The summed E-state index contributed by atoms with van der Waals surface area (Å²) in [6.07, 6.45) is 0. The van der Waals surface area contributed by atoms with E-state index in [0.29, 0.717) is 5.82 Å². The highest BCUT2D eigenvalue weighted by Crippen LogP contribution is 2.25.